The number of hydrogen-bond donors (Lipinski definition) is 2. The van der Waals surface area contributed by atoms with Crippen LogP contribution in [-0.2, 0) is 9.47 Å². The zero-order chi connectivity index (χ0) is 14.3. The zero-order valence-electron chi connectivity index (χ0n) is 11.8. The van der Waals surface area contributed by atoms with Gasteiger partial charge in [-0.1, -0.05) is 0 Å². The highest BCUT2D eigenvalue weighted by molar-refractivity contribution is 5.95. The topological polar surface area (TPSA) is 72.5 Å². The lowest BCUT2D eigenvalue weighted by molar-refractivity contribution is 0.0285. The van der Waals surface area contributed by atoms with Crippen molar-refractivity contribution in [2.24, 2.45) is 0 Å². The smallest absolute Gasteiger partial charge is 0.251 e. The number of anilines is 1. The predicted molar refractivity (Wildman–Crippen MR) is 73.5 cm³/mol. The highest BCUT2D eigenvalue weighted by atomic mass is 16.5. The summed E-state index contributed by atoms with van der Waals surface area (Å²) in [6.07, 6.45) is -0.152. The van der Waals surface area contributed by atoms with Crippen molar-refractivity contribution in [3.05, 3.63) is 23.4 Å². The van der Waals surface area contributed by atoms with Gasteiger partial charge in [0.15, 0.2) is 0 Å². The maximum absolute atomic E-state index is 12.0. The van der Waals surface area contributed by atoms with Crippen molar-refractivity contribution in [3.8, 4) is 0 Å². The number of ether oxygens (including phenoxy) is 2. The van der Waals surface area contributed by atoms with Gasteiger partial charge in [-0.3, -0.25) is 4.79 Å². The second-order valence-electron chi connectivity index (χ2n) is 4.16. The van der Waals surface area contributed by atoms with Gasteiger partial charge in [0.05, 0.1) is 12.7 Å². The number of hydrogen-bond acceptors (Lipinski definition) is 5. The van der Waals surface area contributed by atoms with Gasteiger partial charge in [0.25, 0.3) is 5.91 Å². The van der Waals surface area contributed by atoms with E-state index < -0.39 is 0 Å². The quantitative estimate of drug-likeness (QED) is 0.765. The fraction of sp³-hybridized carbons (Fsp3) is 0.538. The molecule has 1 unspecified atom stereocenters. The molecule has 106 valence electrons. The van der Waals surface area contributed by atoms with Crippen LogP contribution in [0.15, 0.2) is 12.1 Å². The molecule has 1 rings (SSSR count). The van der Waals surface area contributed by atoms with Crippen LogP contribution >= 0.6 is 0 Å². The molecule has 1 amide bonds. The third kappa shape index (κ3) is 4.84. The van der Waals surface area contributed by atoms with Gasteiger partial charge in [0, 0.05) is 39.1 Å². The molecule has 1 heterocycles. The van der Waals surface area contributed by atoms with E-state index in [0.717, 1.165) is 5.69 Å². The molecule has 0 fully saturated rings. The molecule has 0 aliphatic rings. The van der Waals surface area contributed by atoms with Crippen LogP contribution in [0.25, 0.3) is 0 Å². The minimum absolute atomic E-state index is 0.152. The fourth-order valence-electron chi connectivity index (χ4n) is 1.63. The molecule has 2 N–H and O–H groups in total. The molecule has 1 atom stereocenters. The molecule has 1 aromatic heterocycles. The number of nitrogens with one attached hydrogen (secondary N) is 2. The van der Waals surface area contributed by atoms with Crippen LogP contribution < -0.4 is 10.6 Å². The molecule has 0 aliphatic heterocycles. The van der Waals surface area contributed by atoms with Crippen LogP contribution in [0.5, 0.6) is 0 Å². The Morgan fingerprint density at radius 2 is 2.16 bits per heavy atom. The molecule has 0 aromatic carbocycles. The van der Waals surface area contributed by atoms with Crippen LogP contribution in [0.4, 0.5) is 5.82 Å². The monoisotopic (exact) mass is 267 g/mol. The lowest BCUT2D eigenvalue weighted by Gasteiger charge is -2.15. The van der Waals surface area contributed by atoms with Gasteiger partial charge < -0.3 is 20.1 Å². The summed E-state index contributed by atoms with van der Waals surface area (Å²) < 4.78 is 10.2. The van der Waals surface area contributed by atoms with E-state index in [1.807, 2.05) is 6.92 Å². The van der Waals surface area contributed by atoms with E-state index in [-0.39, 0.29) is 12.0 Å². The van der Waals surface area contributed by atoms with Gasteiger partial charge in [-0.25, -0.2) is 4.98 Å². The van der Waals surface area contributed by atoms with Crippen molar-refractivity contribution < 1.29 is 14.3 Å². The van der Waals surface area contributed by atoms with E-state index in [0.29, 0.717) is 24.5 Å². The summed E-state index contributed by atoms with van der Waals surface area (Å²) in [6.45, 7) is 2.69. The molecule has 6 heteroatoms. The number of carbonyl (C=O) groups is 1. The van der Waals surface area contributed by atoms with Crippen molar-refractivity contribution >= 4 is 11.7 Å². The number of carbonyl (C=O) groups excluding carboxylic acids is 1. The first-order chi connectivity index (χ1) is 9.10. The summed E-state index contributed by atoms with van der Waals surface area (Å²) in [7, 11) is 4.95. The number of aromatic nitrogens is 1. The van der Waals surface area contributed by atoms with Crippen LogP contribution in [0.1, 0.15) is 16.1 Å². The third-order valence-electron chi connectivity index (χ3n) is 2.65. The number of methoxy groups -OCH3 is 2. The van der Waals surface area contributed by atoms with Crippen molar-refractivity contribution in [1.82, 2.24) is 10.3 Å². The van der Waals surface area contributed by atoms with Crippen LogP contribution in [-0.4, -0.2) is 51.4 Å². The predicted octanol–water partition coefficient (Wildman–Crippen LogP) is 0.823. The van der Waals surface area contributed by atoms with Crippen LogP contribution in [0, 0.1) is 6.92 Å². The molecule has 0 radical (unpaired) electrons. The highest BCUT2D eigenvalue weighted by Gasteiger charge is 2.12. The fourth-order valence-corrected chi connectivity index (χ4v) is 1.63. The first kappa shape index (κ1) is 15.4. The lowest BCUT2D eigenvalue weighted by atomic mass is 10.2. The summed E-state index contributed by atoms with van der Waals surface area (Å²) in [6, 6.07) is 3.45. The largest absolute Gasteiger partial charge is 0.382 e. The maximum Gasteiger partial charge on any atom is 0.251 e. The Morgan fingerprint density at radius 1 is 1.42 bits per heavy atom. The Labute approximate surface area is 113 Å². The van der Waals surface area contributed by atoms with Crippen molar-refractivity contribution in [2.75, 3.05) is 39.7 Å². The number of aryl methyl sites for hydroxylation is 1. The Morgan fingerprint density at radius 3 is 2.74 bits per heavy atom. The van der Waals surface area contributed by atoms with E-state index in [1.54, 1.807) is 33.4 Å². The molecule has 0 saturated carbocycles. The van der Waals surface area contributed by atoms with Gasteiger partial charge in [-0.2, -0.15) is 0 Å². The average Bonchev–Trinajstić information content (AvgIpc) is 2.42. The zero-order valence-corrected chi connectivity index (χ0v) is 11.8. The average molecular weight is 267 g/mol. The van der Waals surface area contributed by atoms with Gasteiger partial charge in [-0.05, 0) is 19.1 Å². The SMILES string of the molecule is CNc1cc(C(=O)NCC(COC)OC)cc(C)n1. The summed E-state index contributed by atoms with van der Waals surface area (Å²) >= 11 is 0. The van der Waals surface area contributed by atoms with E-state index in [1.165, 1.54) is 0 Å². The first-order valence-electron chi connectivity index (χ1n) is 6.07. The lowest BCUT2D eigenvalue weighted by Crippen LogP contribution is -2.35. The molecule has 0 spiro atoms. The van der Waals surface area contributed by atoms with Crippen molar-refractivity contribution in [1.29, 1.82) is 0 Å². The number of rotatable bonds is 7. The Balaban J connectivity index is 2.65. The summed E-state index contributed by atoms with van der Waals surface area (Å²) in [5, 5.41) is 5.74. The number of nitrogens with zero attached hydrogens (tertiary/aromatic N) is 1. The van der Waals surface area contributed by atoms with Gasteiger partial charge in [0.1, 0.15) is 5.82 Å². The normalized spacial score (nSPS) is 12.0. The third-order valence-corrected chi connectivity index (χ3v) is 2.65. The minimum Gasteiger partial charge on any atom is -0.382 e. The Kier molecular flexibility index (Phi) is 6.24. The number of pyridine rings is 1. The van der Waals surface area contributed by atoms with Gasteiger partial charge >= 0.3 is 0 Å². The van der Waals surface area contributed by atoms with Gasteiger partial charge in [0.2, 0.25) is 0 Å². The summed E-state index contributed by atoms with van der Waals surface area (Å²) in [5.41, 5.74) is 1.36. The standard InChI is InChI=1S/C13H21N3O3/c1-9-5-10(6-12(14-2)16-9)13(17)15-7-11(19-4)8-18-3/h5-6,11H,7-8H2,1-4H3,(H,14,16)(H,15,17). The van der Waals surface area contributed by atoms with E-state index in [4.69, 9.17) is 9.47 Å². The highest BCUT2D eigenvalue weighted by Crippen LogP contribution is 2.09. The second kappa shape index (κ2) is 7.70. The molecular formula is C13H21N3O3. The van der Waals surface area contributed by atoms with E-state index in [2.05, 4.69) is 15.6 Å². The van der Waals surface area contributed by atoms with E-state index in [9.17, 15) is 4.79 Å². The minimum atomic E-state index is -0.153. The number of amides is 1. The molecule has 19 heavy (non-hydrogen) atoms. The van der Waals surface area contributed by atoms with Gasteiger partial charge in [-0.15, -0.1) is 0 Å². The Hall–Kier alpha value is -1.66. The molecule has 1 aromatic rings. The second-order valence-corrected chi connectivity index (χ2v) is 4.16. The molecule has 0 aliphatic carbocycles. The van der Waals surface area contributed by atoms with Crippen LogP contribution in [0.3, 0.4) is 0 Å². The van der Waals surface area contributed by atoms with E-state index >= 15 is 0 Å². The molecular weight excluding hydrogens is 246 g/mol. The molecule has 0 bridgehead atoms. The Bertz CT molecular complexity index is 424. The molecule has 6 nitrogen and oxygen atoms in total. The van der Waals surface area contributed by atoms with Crippen LogP contribution in [0.2, 0.25) is 0 Å². The summed E-state index contributed by atoms with van der Waals surface area (Å²) in [5.74, 6) is 0.519. The summed E-state index contributed by atoms with van der Waals surface area (Å²) in [4.78, 5) is 16.3. The first-order valence-corrected chi connectivity index (χ1v) is 6.07. The maximum atomic E-state index is 12.0. The van der Waals surface area contributed by atoms with Crippen molar-refractivity contribution in [3.63, 3.8) is 0 Å². The van der Waals surface area contributed by atoms with Crippen molar-refractivity contribution in [2.45, 2.75) is 13.0 Å². The molecule has 0 saturated heterocycles.